The van der Waals surface area contributed by atoms with Crippen LogP contribution in [-0.2, 0) is 24.3 Å². The third-order valence-electron chi connectivity index (χ3n) is 6.53. The second-order valence-corrected chi connectivity index (χ2v) is 9.21. The molecule has 0 fully saturated rings. The summed E-state index contributed by atoms with van der Waals surface area (Å²) in [5.41, 5.74) is 2.85. The van der Waals surface area contributed by atoms with Crippen LogP contribution in [0, 0.1) is 18.2 Å². The Bertz CT molecular complexity index is 1780. The van der Waals surface area contributed by atoms with Crippen LogP contribution in [0.5, 0.6) is 5.88 Å². The van der Waals surface area contributed by atoms with E-state index in [9.17, 15) is 9.90 Å². The molecule has 0 radical (unpaired) electrons. The van der Waals surface area contributed by atoms with E-state index in [0.717, 1.165) is 17.7 Å². The molecule has 0 saturated carbocycles. The van der Waals surface area contributed by atoms with Gasteiger partial charge in [-0.05, 0) is 47.5 Å². The number of pyridine rings is 1. The highest BCUT2D eigenvalue weighted by molar-refractivity contribution is 5.92. The zero-order valence-electron chi connectivity index (χ0n) is 22.0. The van der Waals surface area contributed by atoms with E-state index in [1.807, 2.05) is 0 Å². The number of carbonyl (C=O) groups is 1. The number of hydrogen-bond acceptors (Lipinski definition) is 5. The molecule has 10 heteroatoms. The van der Waals surface area contributed by atoms with Gasteiger partial charge in [0, 0.05) is 31.7 Å². The second kappa shape index (κ2) is 11.9. The summed E-state index contributed by atoms with van der Waals surface area (Å²) in [6.45, 7) is 7.91. The summed E-state index contributed by atoms with van der Waals surface area (Å²) in [4.78, 5) is 23.7. The Morgan fingerprint density at radius 2 is 1.83 bits per heavy atom. The van der Waals surface area contributed by atoms with Gasteiger partial charge in [-0.2, -0.15) is 0 Å². The molecule has 41 heavy (non-hydrogen) atoms. The Hall–Kier alpha value is -5.14. The highest BCUT2D eigenvalue weighted by Crippen LogP contribution is 2.28. The molecule has 0 atom stereocenters. The van der Waals surface area contributed by atoms with Crippen molar-refractivity contribution in [3.8, 4) is 17.1 Å². The van der Waals surface area contributed by atoms with Crippen molar-refractivity contribution in [3.63, 3.8) is 0 Å². The number of nitrogens with zero attached hydrogens (tertiary/aromatic N) is 4. The average molecular weight is 555 g/mol. The van der Waals surface area contributed by atoms with Gasteiger partial charge in [-0.3, -0.25) is 0 Å². The van der Waals surface area contributed by atoms with Crippen molar-refractivity contribution in [2.75, 3.05) is 13.7 Å². The summed E-state index contributed by atoms with van der Waals surface area (Å²) < 4.78 is 43.4. The van der Waals surface area contributed by atoms with E-state index >= 15 is 8.78 Å². The maximum absolute atomic E-state index is 15.4. The van der Waals surface area contributed by atoms with E-state index in [1.54, 1.807) is 53.1 Å². The minimum Gasteiger partial charge on any atom is -0.478 e. The van der Waals surface area contributed by atoms with Crippen molar-refractivity contribution >= 4 is 22.7 Å². The van der Waals surface area contributed by atoms with Crippen LogP contribution in [0.2, 0.25) is 0 Å². The number of benzene rings is 3. The molecule has 1 N–H and O–H groups in total. The first-order valence-corrected chi connectivity index (χ1v) is 12.6. The Morgan fingerprint density at radius 3 is 2.56 bits per heavy atom. The Morgan fingerprint density at radius 1 is 1.02 bits per heavy atom. The normalized spacial score (nSPS) is 11.0. The molecule has 0 spiro atoms. The summed E-state index contributed by atoms with van der Waals surface area (Å²) in [7, 11) is 1.54. The number of imidazole rings is 1. The first-order valence-electron chi connectivity index (χ1n) is 12.6. The van der Waals surface area contributed by atoms with E-state index in [0.29, 0.717) is 35.7 Å². The Labute approximate surface area is 234 Å². The fourth-order valence-corrected chi connectivity index (χ4v) is 4.43. The molecule has 8 nitrogen and oxygen atoms in total. The van der Waals surface area contributed by atoms with Gasteiger partial charge in [0.1, 0.15) is 24.1 Å². The average Bonchev–Trinajstić information content (AvgIpc) is 3.33. The predicted octanol–water partition coefficient (Wildman–Crippen LogP) is 6.44. The van der Waals surface area contributed by atoms with Crippen LogP contribution < -0.4 is 4.74 Å². The van der Waals surface area contributed by atoms with Crippen molar-refractivity contribution in [1.82, 2.24) is 14.5 Å². The maximum atomic E-state index is 15.4. The highest BCUT2D eigenvalue weighted by atomic mass is 19.1. The summed E-state index contributed by atoms with van der Waals surface area (Å²) in [6.07, 6.45) is -0.0211. The number of fused-ring (bicyclic) bond motifs is 1. The summed E-state index contributed by atoms with van der Waals surface area (Å²) in [6, 6.07) is 18.6. The van der Waals surface area contributed by atoms with Gasteiger partial charge in [0.15, 0.2) is 5.69 Å². The zero-order chi connectivity index (χ0) is 28.9. The molecule has 0 saturated heterocycles. The predicted molar refractivity (Wildman–Crippen MR) is 148 cm³/mol. The van der Waals surface area contributed by atoms with Crippen molar-refractivity contribution < 1.29 is 28.2 Å². The lowest BCUT2D eigenvalue weighted by molar-refractivity contribution is 0.0697. The molecule has 206 valence electrons. The van der Waals surface area contributed by atoms with Crippen LogP contribution >= 0.6 is 0 Å². The van der Waals surface area contributed by atoms with Gasteiger partial charge in [-0.25, -0.2) is 28.4 Å². The van der Waals surface area contributed by atoms with E-state index in [-0.39, 0.29) is 41.3 Å². The lowest BCUT2D eigenvalue weighted by Crippen LogP contribution is -2.10. The summed E-state index contributed by atoms with van der Waals surface area (Å²) in [5.74, 6) is -1.67. The van der Waals surface area contributed by atoms with Gasteiger partial charge in [-0.15, -0.1) is 0 Å². The summed E-state index contributed by atoms with van der Waals surface area (Å²) >= 11 is 0. The van der Waals surface area contributed by atoms with Crippen LogP contribution in [0.25, 0.3) is 27.1 Å². The van der Waals surface area contributed by atoms with Crippen LogP contribution in [-0.4, -0.2) is 39.3 Å². The van der Waals surface area contributed by atoms with Crippen molar-refractivity contribution in [2.24, 2.45) is 0 Å². The third kappa shape index (κ3) is 6.05. The van der Waals surface area contributed by atoms with E-state index in [2.05, 4.69) is 14.8 Å². The van der Waals surface area contributed by atoms with Crippen LogP contribution in [0.3, 0.4) is 0 Å². The fraction of sp³-hybridized carbons (Fsp3) is 0.161. The Balaban J connectivity index is 1.40. The number of aromatic nitrogens is 3. The number of hydrogen-bond donors (Lipinski definition) is 1. The molecule has 0 bridgehead atoms. The highest BCUT2D eigenvalue weighted by Gasteiger charge is 2.18. The van der Waals surface area contributed by atoms with Gasteiger partial charge < -0.3 is 19.1 Å². The standard InChI is InChI=1S/C31H24F2N4O4/c1-34-22-9-6-19(7-10-22)18-41-30-5-3-4-26(36-30)23-17-24(32)21(14-25(23)33)16-29-35-27-11-8-20(31(38)39)15-28(27)37(29)12-13-40-2/h3-11,14-15,17H,12-13,16,18H2,2H3,(H,38,39). The van der Waals surface area contributed by atoms with Crippen molar-refractivity contribution in [1.29, 1.82) is 0 Å². The van der Waals surface area contributed by atoms with Gasteiger partial charge in [0.2, 0.25) is 5.88 Å². The minimum absolute atomic E-state index is 0.0166. The van der Waals surface area contributed by atoms with Crippen LogP contribution in [0.1, 0.15) is 27.3 Å². The number of rotatable bonds is 10. The lowest BCUT2D eigenvalue weighted by atomic mass is 10.0. The molecule has 0 aliphatic rings. The summed E-state index contributed by atoms with van der Waals surface area (Å²) in [5, 5.41) is 9.39. The van der Waals surface area contributed by atoms with Crippen molar-refractivity contribution in [2.45, 2.75) is 19.6 Å². The van der Waals surface area contributed by atoms with E-state index in [1.165, 1.54) is 19.2 Å². The molecule has 0 aliphatic heterocycles. The molecule has 0 aliphatic carbocycles. The molecular weight excluding hydrogens is 530 g/mol. The van der Waals surface area contributed by atoms with Crippen LogP contribution in [0.15, 0.2) is 72.8 Å². The maximum Gasteiger partial charge on any atom is 0.335 e. The molecular formula is C31H24F2N4O4. The fourth-order valence-electron chi connectivity index (χ4n) is 4.43. The van der Waals surface area contributed by atoms with E-state index in [4.69, 9.17) is 16.0 Å². The van der Waals surface area contributed by atoms with Gasteiger partial charge in [0.05, 0.1) is 35.5 Å². The van der Waals surface area contributed by atoms with E-state index < -0.39 is 17.6 Å². The molecule has 0 unspecified atom stereocenters. The smallest absolute Gasteiger partial charge is 0.335 e. The first kappa shape index (κ1) is 27.4. The SMILES string of the molecule is [C-]#[N+]c1ccc(COc2cccc(-c3cc(F)c(Cc4nc5ccc(C(=O)O)cc5n4CCOC)cc3F)n2)cc1. The third-order valence-corrected chi connectivity index (χ3v) is 6.53. The number of ether oxygens (including phenoxy) is 2. The molecule has 2 aromatic heterocycles. The molecule has 0 amide bonds. The number of carboxylic acid groups (broad SMARTS) is 1. The first-order chi connectivity index (χ1) is 19.9. The van der Waals surface area contributed by atoms with Crippen molar-refractivity contribution in [3.05, 3.63) is 118 Å². The van der Waals surface area contributed by atoms with Gasteiger partial charge >= 0.3 is 5.97 Å². The quantitative estimate of drug-likeness (QED) is 0.200. The monoisotopic (exact) mass is 554 g/mol. The van der Waals surface area contributed by atoms with Crippen LogP contribution in [0.4, 0.5) is 14.5 Å². The molecule has 2 heterocycles. The number of aromatic carboxylic acids is 1. The lowest BCUT2D eigenvalue weighted by Gasteiger charge is -2.12. The van der Waals surface area contributed by atoms with Gasteiger partial charge in [0.25, 0.3) is 0 Å². The zero-order valence-corrected chi connectivity index (χ0v) is 22.0. The topological polar surface area (TPSA) is 90.8 Å². The molecule has 5 aromatic rings. The van der Waals surface area contributed by atoms with Gasteiger partial charge in [-0.1, -0.05) is 30.3 Å². The largest absolute Gasteiger partial charge is 0.478 e. The molecule has 3 aromatic carbocycles. The number of carboxylic acids is 1. The Kier molecular flexibility index (Phi) is 7.99. The number of halogens is 2. The minimum atomic E-state index is -1.07. The molecule has 5 rings (SSSR count). The second-order valence-electron chi connectivity index (χ2n) is 9.21. The number of methoxy groups -OCH3 is 1.